The van der Waals surface area contributed by atoms with Gasteiger partial charge in [-0.25, -0.2) is 4.99 Å². The predicted octanol–water partition coefficient (Wildman–Crippen LogP) is 2.46. The topological polar surface area (TPSA) is 54.9 Å². The molecule has 1 unspecified atom stereocenters. The second-order valence-electron chi connectivity index (χ2n) is 6.20. The first-order valence-corrected chi connectivity index (χ1v) is 8.38. The van der Waals surface area contributed by atoms with Gasteiger partial charge in [0, 0.05) is 26.8 Å². The molecule has 1 aromatic carbocycles. The van der Waals surface area contributed by atoms with Crippen LogP contribution in [0.4, 0.5) is 0 Å². The number of hydrogen-bond acceptors (Lipinski definition) is 3. The maximum Gasteiger partial charge on any atom is 0.191 e. The van der Waals surface area contributed by atoms with E-state index < -0.39 is 0 Å². The highest BCUT2D eigenvalue weighted by Crippen LogP contribution is 2.23. The number of nitrogens with one attached hydrogen (secondary N) is 2. The second-order valence-corrected chi connectivity index (χ2v) is 6.20. The molecule has 0 amide bonds. The van der Waals surface area contributed by atoms with Crippen molar-refractivity contribution in [3.8, 4) is 0 Å². The summed E-state index contributed by atoms with van der Waals surface area (Å²) in [5, 5.41) is 6.69. The van der Waals surface area contributed by atoms with Gasteiger partial charge in [0.25, 0.3) is 0 Å². The molecule has 2 N–H and O–H groups in total. The van der Waals surface area contributed by atoms with Crippen LogP contribution in [0.25, 0.3) is 0 Å². The molecule has 0 spiro atoms. The highest BCUT2D eigenvalue weighted by atomic mass is 16.5. The molecule has 1 heterocycles. The summed E-state index contributed by atoms with van der Waals surface area (Å²) < 4.78 is 10.9. The van der Waals surface area contributed by atoms with Crippen molar-refractivity contribution in [2.45, 2.75) is 45.4 Å². The van der Waals surface area contributed by atoms with E-state index >= 15 is 0 Å². The van der Waals surface area contributed by atoms with E-state index in [-0.39, 0.29) is 5.60 Å². The normalized spacial score (nSPS) is 21.4. The fourth-order valence-corrected chi connectivity index (χ4v) is 2.67. The summed E-state index contributed by atoms with van der Waals surface area (Å²) in [5.41, 5.74) is 2.29. The fraction of sp³-hybridized carbons (Fsp3) is 0.611. The fourth-order valence-electron chi connectivity index (χ4n) is 2.67. The first-order chi connectivity index (χ1) is 11.1. The summed E-state index contributed by atoms with van der Waals surface area (Å²) in [4.78, 5) is 4.66. The number of benzene rings is 1. The predicted molar refractivity (Wildman–Crippen MR) is 93.6 cm³/mol. The molecule has 23 heavy (non-hydrogen) atoms. The minimum Gasteiger partial charge on any atom is -0.380 e. The quantitative estimate of drug-likeness (QED) is 0.599. The molecule has 1 atom stereocenters. The molecule has 1 aliphatic heterocycles. The van der Waals surface area contributed by atoms with Crippen molar-refractivity contribution in [1.82, 2.24) is 10.6 Å². The van der Waals surface area contributed by atoms with Crippen LogP contribution in [0.2, 0.25) is 0 Å². The van der Waals surface area contributed by atoms with Crippen LogP contribution in [-0.2, 0) is 22.6 Å². The number of hydrogen-bond donors (Lipinski definition) is 2. The van der Waals surface area contributed by atoms with Gasteiger partial charge in [-0.3, -0.25) is 0 Å². The van der Waals surface area contributed by atoms with Crippen LogP contribution < -0.4 is 10.6 Å². The van der Waals surface area contributed by atoms with Gasteiger partial charge < -0.3 is 20.1 Å². The van der Waals surface area contributed by atoms with Gasteiger partial charge in [-0.2, -0.15) is 0 Å². The van der Waals surface area contributed by atoms with Crippen LogP contribution in [0.3, 0.4) is 0 Å². The van der Waals surface area contributed by atoms with E-state index in [0.717, 1.165) is 38.5 Å². The highest BCUT2D eigenvalue weighted by Gasteiger charge is 2.29. The minimum absolute atomic E-state index is 0.0714. The second kappa shape index (κ2) is 8.89. The van der Waals surface area contributed by atoms with Crippen LogP contribution in [-0.4, -0.2) is 38.4 Å². The SMILES string of the molecule is CCNC(=NCc1ccc(COC)cc1)NCC1(C)CCCO1. The lowest BCUT2D eigenvalue weighted by atomic mass is 10.0. The number of ether oxygens (including phenoxy) is 2. The molecule has 0 bridgehead atoms. The van der Waals surface area contributed by atoms with E-state index in [2.05, 4.69) is 53.7 Å². The first kappa shape index (κ1) is 17.8. The maximum atomic E-state index is 5.81. The Balaban J connectivity index is 1.89. The van der Waals surface area contributed by atoms with Gasteiger partial charge in [-0.1, -0.05) is 24.3 Å². The standard InChI is InChI=1S/C18H29N3O2/c1-4-19-17(21-14-18(2)10-5-11-23-18)20-12-15-6-8-16(9-7-15)13-22-3/h6-9H,4-5,10-14H2,1-3H3,(H2,19,20,21). The number of nitrogens with zero attached hydrogens (tertiary/aromatic N) is 1. The van der Waals surface area contributed by atoms with Crippen molar-refractivity contribution < 1.29 is 9.47 Å². The summed E-state index contributed by atoms with van der Waals surface area (Å²) in [6, 6.07) is 8.37. The van der Waals surface area contributed by atoms with Crippen molar-refractivity contribution in [3.05, 3.63) is 35.4 Å². The molecule has 0 aromatic heterocycles. The van der Waals surface area contributed by atoms with Crippen LogP contribution in [0, 0.1) is 0 Å². The van der Waals surface area contributed by atoms with Gasteiger partial charge in [0.15, 0.2) is 5.96 Å². The molecule has 1 fully saturated rings. The molecule has 1 aromatic rings. The van der Waals surface area contributed by atoms with Crippen LogP contribution >= 0.6 is 0 Å². The maximum absolute atomic E-state index is 5.81. The van der Waals surface area contributed by atoms with Crippen LogP contribution in [0.5, 0.6) is 0 Å². The van der Waals surface area contributed by atoms with Gasteiger partial charge in [0.05, 0.1) is 18.8 Å². The Morgan fingerprint density at radius 1 is 1.26 bits per heavy atom. The van der Waals surface area contributed by atoms with E-state index in [0.29, 0.717) is 13.2 Å². The molecule has 0 radical (unpaired) electrons. The largest absolute Gasteiger partial charge is 0.380 e. The Morgan fingerprint density at radius 2 is 2.00 bits per heavy atom. The average molecular weight is 319 g/mol. The number of methoxy groups -OCH3 is 1. The lowest BCUT2D eigenvalue weighted by Crippen LogP contribution is -2.45. The van der Waals surface area contributed by atoms with Crippen molar-refractivity contribution in [2.24, 2.45) is 4.99 Å². The third-order valence-electron chi connectivity index (χ3n) is 4.03. The van der Waals surface area contributed by atoms with E-state index in [4.69, 9.17) is 9.47 Å². The van der Waals surface area contributed by atoms with E-state index in [9.17, 15) is 0 Å². The number of guanidine groups is 1. The molecular weight excluding hydrogens is 290 g/mol. The molecule has 0 saturated carbocycles. The van der Waals surface area contributed by atoms with Crippen molar-refractivity contribution in [3.63, 3.8) is 0 Å². The van der Waals surface area contributed by atoms with Crippen LogP contribution in [0.1, 0.15) is 37.8 Å². The third-order valence-corrected chi connectivity index (χ3v) is 4.03. The lowest BCUT2D eigenvalue weighted by molar-refractivity contribution is 0.0243. The molecule has 5 nitrogen and oxygen atoms in total. The minimum atomic E-state index is -0.0714. The molecule has 1 saturated heterocycles. The van der Waals surface area contributed by atoms with Gasteiger partial charge in [-0.15, -0.1) is 0 Å². The molecule has 5 heteroatoms. The van der Waals surface area contributed by atoms with E-state index in [1.165, 1.54) is 11.1 Å². The highest BCUT2D eigenvalue weighted by molar-refractivity contribution is 5.79. The van der Waals surface area contributed by atoms with Gasteiger partial charge in [-0.05, 0) is 37.8 Å². The molecule has 1 aliphatic rings. The van der Waals surface area contributed by atoms with Gasteiger partial charge >= 0.3 is 0 Å². The summed E-state index contributed by atoms with van der Waals surface area (Å²) in [6.45, 7) is 8.02. The summed E-state index contributed by atoms with van der Waals surface area (Å²) in [7, 11) is 1.71. The van der Waals surface area contributed by atoms with Crippen LogP contribution in [0.15, 0.2) is 29.3 Å². The van der Waals surface area contributed by atoms with E-state index in [1.54, 1.807) is 7.11 Å². The zero-order valence-electron chi connectivity index (χ0n) is 14.5. The first-order valence-electron chi connectivity index (χ1n) is 8.38. The van der Waals surface area contributed by atoms with E-state index in [1.807, 2.05) is 0 Å². The van der Waals surface area contributed by atoms with Gasteiger partial charge in [0.2, 0.25) is 0 Å². The third kappa shape index (κ3) is 5.84. The molecule has 128 valence electrons. The smallest absolute Gasteiger partial charge is 0.191 e. The Labute approximate surface area is 139 Å². The zero-order valence-corrected chi connectivity index (χ0v) is 14.5. The monoisotopic (exact) mass is 319 g/mol. The Kier molecular flexibility index (Phi) is 6.86. The molecule has 0 aliphatic carbocycles. The molecule has 2 rings (SSSR count). The zero-order chi connectivity index (χ0) is 16.5. The van der Waals surface area contributed by atoms with Crippen molar-refractivity contribution >= 4 is 5.96 Å². The Hall–Kier alpha value is -1.59. The summed E-state index contributed by atoms with van der Waals surface area (Å²) >= 11 is 0. The lowest BCUT2D eigenvalue weighted by Gasteiger charge is -2.24. The van der Waals surface area contributed by atoms with Gasteiger partial charge in [0.1, 0.15) is 0 Å². The summed E-state index contributed by atoms with van der Waals surface area (Å²) in [6.07, 6.45) is 2.24. The summed E-state index contributed by atoms with van der Waals surface area (Å²) in [5.74, 6) is 0.838. The molecular formula is C18H29N3O2. The van der Waals surface area contributed by atoms with Crippen molar-refractivity contribution in [1.29, 1.82) is 0 Å². The Morgan fingerprint density at radius 3 is 2.61 bits per heavy atom. The van der Waals surface area contributed by atoms with Crippen molar-refractivity contribution in [2.75, 3.05) is 26.8 Å². The Bertz CT molecular complexity index is 493. The number of rotatable bonds is 7. The number of aliphatic imine (C=N–C) groups is 1. The average Bonchev–Trinajstić information content (AvgIpc) is 2.99.